The lowest BCUT2D eigenvalue weighted by molar-refractivity contribution is 0.250. The molecule has 1 unspecified atom stereocenters. The van der Waals surface area contributed by atoms with E-state index in [4.69, 9.17) is 15.2 Å². The van der Waals surface area contributed by atoms with Gasteiger partial charge in [-0.15, -0.1) is 0 Å². The van der Waals surface area contributed by atoms with Crippen LogP contribution in [0, 0.1) is 0 Å². The first kappa shape index (κ1) is 14.8. The number of nitrogens with two attached hydrogens (primary N) is 1. The van der Waals surface area contributed by atoms with Crippen molar-refractivity contribution < 1.29 is 14.6 Å². The summed E-state index contributed by atoms with van der Waals surface area (Å²) in [6.45, 7) is 4.04. The summed E-state index contributed by atoms with van der Waals surface area (Å²) in [6.07, 6.45) is 0.624. The number of ether oxygens (including phenoxy) is 2. The van der Waals surface area contributed by atoms with Crippen molar-refractivity contribution in [2.75, 3.05) is 20.8 Å². The maximum Gasteiger partial charge on any atom is 0.160 e. The minimum Gasteiger partial charge on any atom is -0.493 e. The third kappa shape index (κ3) is 3.37. The zero-order chi connectivity index (χ0) is 13.8. The monoisotopic (exact) mass is 253 g/mol. The average Bonchev–Trinajstić information content (AvgIpc) is 2.33. The summed E-state index contributed by atoms with van der Waals surface area (Å²) < 4.78 is 10.5. The Kier molecular flexibility index (Phi) is 4.99. The molecule has 0 aliphatic carbocycles. The molecule has 0 aliphatic heterocycles. The molecule has 0 saturated carbocycles. The van der Waals surface area contributed by atoms with Gasteiger partial charge in [-0.2, -0.15) is 0 Å². The van der Waals surface area contributed by atoms with E-state index in [9.17, 15) is 5.11 Å². The van der Waals surface area contributed by atoms with Gasteiger partial charge in [0.1, 0.15) is 0 Å². The molecule has 1 aromatic carbocycles. The van der Waals surface area contributed by atoms with E-state index in [0.29, 0.717) is 17.9 Å². The van der Waals surface area contributed by atoms with Crippen LogP contribution in [-0.4, -0.2) is 31.5 Å². The maximum atomic E-state index is 9.18. The predicted molar refractivity (Wildman–Crippen MR) is 72.3 cm³/mol. The molecule has 1 aromatic rings. The number of hydrogen-bond donors (Lipinski definition) is 2. The summed E-state index contributed by atoms with van der Waals surface area (Å²) >= 11 is 0. The van der Waals surface area contributed by atoms with Gasteiger partial charge in [0.25, 0.3) is 0 Å². The first-order valence-corrected chi connectivity index (χ1v) is 6.05. The molecule has 0 fully saturated rings. The minimum absolute atomic E-state index is 0.0716. The van der Waals surface area contributed by atoms with Crippen molar-refractivity contribution in [3.63, 3.8) is 0 Å². The van der Waals surface area contributed by atoms with Crippen LogP contribution in [0.2, 0.25) is 0 Å². The van der Waals surface area contributed by atoms with Gasteiger partial charge in [-0.25, -0.2) is 0 Å². The fourth-order valence-electron chi connectivity index (χ4n) is 2.17. The SMILES string of the molecule is COc1ccc(C(CCO)C(C)(C)N)cc1OC. The fourth-order valence-corrected chi connectivity index (χ4v) is 2.17. The van der Waals surface area contributed by atoms with Crippen LogP contribution < -0.4 is 15.2 Å². The highest BCUT2D eigenvalue weighted by atomic mass is 16.5. The highest BCUT2D eigenvalue weighted by molar-refractivity contribution is 5.44. The Hall–Kier alpha value is -1.26. The Morgan fingerprint density at radius 1 is 1.22 bits per heavy atom. The van der Waals surface area contributed by atoms with Crippen LogP contribution in [0.5, 0.6) is 11.5 Å². The number of methoxy groups -OCH3 is 2. The molecule has 4 nitrogen and oxygen atoms in total. The number of hydrogen-bond acceptors (Lipinski definition) is 4. The van der Waals surface area contributed by atoms with Gasteiger partial charge in [0, 0.05) is 18.1 Å². The van der Waals surface area contributed by atoms with Gasteiger partial charge in [-0.3, -0.25) is 0 Å². The van der Waals surface area contributed by atoms with Crippen LogP contribution >= 0.6 is 0 Å². The highest BCUT2D eigenvalue weighted by Gasteiger charge is 2.27. The van der Waals surface area contributed by atoms with Gasteiger partial charge in [0.15, 0.2) is 11.5 Å². The Morgan fingerprint density at radius 2 is 1.83 bits per heavy atom. The fraction of sp³-hybridized carbons (Fsp3) is 0.571. The molecule has 1 rings (SSSR count). The molecule has 0 aromatic heterocycles. The molecular weight excluding hydrogens is 230 g/mol. The Labute approximate surface area is 109 Å². The number of aliphatic hydroxyl groups is 1. The number of benzene rings is 1. The van der Waals surface area contributed by atoms with Crippen LogP contribution in [0.1, 0.15) is 31.7 Å². The van der Waals surface area contributed by atoms with Crippen molar-refractivity contribution >= 4 is 0 Å². The lowest BCUT2D eigenvalue weighted by Crippen LogP contribution is -2.39. The number of rotatable bonds is 6. The molecule has 4 heteroatoms. The smallest absolute Gasteiger partial charge is 0.160 e. The van der Waals surface area contributed by atoms with Crippen molar-refractivity contribution in [2.45, 2.75) is 31.7 Å². The Balaban J connectivity index is 3.13. The largest absolute Gasteiger partial charge is 0.493 e. The molecule has 0 saturated heterocycles. The van der Waals surface area contributed by atoms with Gasteiger partial charge in [-0.1, -0.05) is 6.07 Å². The lowest BCUT2D eigenvalue weighted by Gasteiger charge is -2.31. The molecule has 0 radical (unpaired) electrons. The van der Waals surface area contributed by atoms with E-state index in [1.165, 1.54) is 0 Å². The van der Waals surface area contributed by atoms with E-state index in [-0.39, 0.29) is 12.5 Å². The summed E-state index contributed by atoms with van der Waals surface area (Å²) in [5.41, 5.74) is 6.83. The van der Waals surface area contributed by atoms with Gasteiger partial charge in [0.05, 0.1) is 14.2 Å². The summed E-state index contributed by atoms with van der Waals surface area (Å²) in [6, 6.07) is 5.76. The minimum atomic E-state index is -0.400. The summed E-state index contributed by atoms with van der Waals surface area (Å²) in [5.74, 6) is 1.45. The quantitative estimate of drug-likeness (QED) is 0.812. The molecule has 18 heavy (non-hydrogen) atoms. The van der Waals surface area contributed by atoms with E-state index in [2.05, 4.69) is 0 Å². The maximum absolute atomic E-state index is 9.18. The van der Waals surface area contributed by atoms with Crippen molar-refractivity contribution in [2.24, 2.45) is 5.73 Å². The molecular formula is C14H23NO3. The Bertz CT molecular complexity index is 385. The van der Waals surface area contributed by atoms with Crippen LogP contribution in [0.4, 0.5) is 0 Å². The van der Waals surface area contributed by atoms with E-state index < -0.39 is 5.54 Å². The first-order chi connectivity index (χ1) is 8.43. The topological polar surface area (TPSA) is 64.7 Å². The normalized spacial score (nSPS) is 13.2. The summed E-state index contributed by atoms with van der Waals surface area (Å²) in [5, 5.41) is 9.18. The lowest BCUT2D eigenvalue weighted by atomic mass is 9.80. The van der Waals surface area contributed by atoms with E-state index >= 15 is 0 Å². The van der Waals surface area contributed by atoms with Gasteiger partial charge in [-0.05, 0) is 38.0 Å². The summed E-state index contributed by atoms with van der Waals surface area (Å²) in [7, 11) is 3.21. The second-order valence-electron chi connectivity index (χ2n) is 5.00. The third-order valence-corrected chi connectivity index (χ3v) is 3.13. The molecule has 3 N–H and O–H groups in total. The summed E-state index contributed by atoms with van der Waals surface area (Å²) in [4.78, 5) is 0. The van der Waals surface area contributed by atoms with Crippen LogP contribution in [-0.2, 0) is 0 Å². The van der Waals surface area contributed by atoms with Crippen LogP contribution in [0.25, 0.3) is 0 Å². The van der Waals surface area contributed by atoms with Gasteiger partial charge >= 0.3 is 0 Å². The first-order valence-electron chi connectivity index (χ1n) is 6.05. The molecule has 0 amide bonds. The second kappa shape index (κ2) is 6.07. The van der Waals surface area contributed by atoms with E-state index in [1.54, 1.807) is 14.2 Å². The third-order valence-electron chi connectivity index (χ3n) is 3.13. The Morgan fingerprint density at radius 3 is 2.28 bits per heavy atom. The van der Waals surface area contributed by atoms with E-state index in [0.717, 1.165) is 5.56 Å². The van der Waals surface area contributed by atoms with Crippen LogP contribution in [0.15, 0.2) is 18.2 Å². The van der Waals surface area contributed by atoms with Crippen molar-refractivity contribution in [3.8, 4) is 11.5 Å². The molecule has 1 atom stereocenters. The highest BCUT2D eigenvalue weighted by Crippen LogP contribution is 2.35. The predicted octanol–water partition coefficient (Wildman–Crippen LogP) is 1.91. The van der Waals surface area contributed by atoms with Crippen molar-refractivity contribution in [3.05, 3.63) is 23.8 Å². The zero-order valence-corrected chi connectivity index (χ0v) is 11.6. The molecule has 102 valence electrons. The van der Waals surface area contributed by atoms with Gasteiger partial charge in [0.2, 0.25) is 0 Å². The number of aliphatic hydroxyl groups excluding tert-OH is 1. The van der Waals surface area contributed by atoms with E-state index in [1.807, 2.05) is 32.0 Å². The standard InChI is InChI=1S/C14H23NO3/c1-14(2,15)11(7-8-16)10-5-6-12(17-3)13(9-10)18-4/h5-6,9,11,16H,7-8,15H2,1-4H3. The second-order valence-corrected chi connectivity index (χ2v) is 5.00. The zero-order valence-electron chi connectivity index (χ0n) is 11.6. The van der Waals surface area contributed by atoms with Gasteiger partial charge < -0.3 is 20.3 Å². The van der Waals surface area contributed by atoms with Crippen molar-refractivity contribution in [1.29, 1.82) is 0 Å². The van der Waals surface area contributed by atoms with Crippen molar-refractivity contribution in [1.82, 2.24) is 0 Å². The molecule has 0 heterocycles. The molecule has 0 bridgehead atoms. The molecule has 0 spiro atoms. The molecule has 0 aliphatic rings. The average molecular weight is 253 g/mol. The van der Waals surface area contributed by atoms with Crippen LogP contribution in [0.3, 0.4) is 0 Å².